The molecule has 1 aromatic rings. The molecule has 1 aromatic heterocycles. The normalized spacial score (nSPS) is 33.8. The van der Waals surface area contributed by atoms with Crippen molar-refractivity contribution < 1.29 is 4.42 Å². The van der Waals surface area contributed by atoms with Gasteiger partial charge in [0, 0.05) is 31.1 Å². The number of furan rings is 1. The first-order valence-corrected chi connectivity index (χ1v) is 6.86. The van der Waals surface area contributed by atoms with Crippen LogP contribution in [0.2, 0.25) is 0 Å². The summed E-state index contributed by atoms with van der Waals surface area (Å²) in [5.74, 6) is 1.11. The fourth-order valence-corrected chi connectivity index (χ4v) is 3.58. The zero-order valence-electron chi connectivity index (χ0n) is 10.3. The van der Waals surface area contributed by atoms with Gasteiger partial charge in [-0.05, 0) is 37.8 Å². The van der Waals surface area contributed by atoms with Crippen LogP contribution in [0, 0.1) is 0 Å². The second-order valence-corrected chi connectivity index (χ2v) is 5.54. The smallest absolute Gasteiger partial charge is 0.105 e. The highest BCUT2D eigenvalue weighted by Crippen LogP contribution is 2.33. The maximum Gasteiger partial charge on any atom is 0.105 e. The van der Waals surface area contributed by atoms with Crippen LogP contribution >= 0.6 is 0 Å². The third kappa shape index (κ3) is 2.40. The van der Waals surface area contributed by atoms with Crippen molar-refractivity contribution in [1.82, 2.24) is 4.90 Å². The molecule has 2 bridgehead atoms. The van der Waals surface area contributed by atoms with E-state index >= 15 is 0 Å². The minimum Gasteiger partial charge on any atom is -0.469 e. The lowest BCUT2D eigenvalue weighted by Gasteiger charge is -2.48. The van der Waals surface area contributed by atoms with Gasteiger partial charge in [-0.25, -0.2) is 0 Å². The summed E-state index contributed by atoms with van der Waals surface area (Å²) in [6.07, 6.45) is 9.24. The SMILES string of the molecule is NC1CC2CCCC(C1)N2CCc1ccco1. The maximum atomic E-state index is 6.13. The van der Waals surface area contributed by atoms with Gasteiger partial charge in [0.15, 0.2) is 0 Å². The van der Waals surface area contributed by atoms with E-state index in [-0.39, 0.29) is 0 Å². The predicted octanol–water partition coefficient (Wildman–Crippen LogP) is 2.17. The number of nitrogens with two attached hydrogens (primary N) is 1. The topological polar surface area (TPSA) is 42.4 Å². The first-order valence-electron chi connectivity index (χ1n) is 6.86. The molecule has 0 saturated carbocycles. The van der Waals surface area contributed by atoms with Crippen molar-refractivity contribution in [3.05, 3.63) is 24.2 Å². The molecule has 3 heterocycles. The zero-order valence-corrected chi connectivity index (χ0v) is 10.3. The molecular formula is C14H22N2O. The summed E-state index contributed by atoms with van der Waals surface area (Å²) in [5, 5.41) is 0. The summed E-state index contributed by atoms with van der Waals surface area (Å²) >= 11 is 0. The molecular weight excluding hydrogens is 212 g/mol. The van der Waals surface area contributed by atoms with Gasteiger partial charge in [0.2, 0.25) is 0 Å². The van der Waals surface area contributed by atoms with Crippen LogP contribution in [0.5, 0.6) is 0 Å². The van der Waals surface area contributed by atoms with E-state index in [1.54, 1.807) is 6.26 Å². The molecule has 0 amide bonds. The monoisotopic (exact) mass is 234 g/mol. The Balaban J connectivity index is 1.62. The third-order valence-corrected chi connectivity index (χ3v) is 4.36. The molecule has 2 aliphatic heterocycles. The van der Waals surface area contributed by atoms with Crippen molar-refractivity contribution in [2.75, 3.05) is 6.54 Å². The average molecular weight is 234 g/mol. The average Bonchev–Trinajstić information content (AvgIpc) is 2.79. The van der Waals surface area contributed by atoms with E-state index in [1.165, 1.54) is 32.1 Å². The van der Waals surface area contributed by atoms with E-state index in [1.807, 2.05) is 6.07 Å². The molecule has 94 valence electrons. The highest BCUT2D eigenvalue weighted by Gasteiger charge is 2.36. The molecule has 2 N–H and O–H groups in total. The Morgan fingerprint density at radius 1 is 1.29 bits per heavy atom. The Bertz CT molecular complexity index is 335. The number of hydrogen-bond acceptors (Lipinski definition) is 3. The Kier molecular flexibility index (Phi) is 3.21. The summed E-state index contributed by atoms with van der Waals surface area (Å²) in [5.41, 5.74) is 6.13. The van der Waals surface area contributed by atoms with E-state index in [0.29, 0.717) is 6.04 Å². The number of rotatable bonds is 3. The van der Waals surface area contributed by atoms with E-state index < -0.39 is 0 Å². The molecule has 0 aromatic carbocycles. The van der Waals surface area contributed by atoms with Gasteiger partial charge < -0.3 is 10.2 Å². The van der Waals surface area contributed by atoms with Crippen LogP contribution in [-0.4, -0.2) is 29.6 Å². The Hall–Kier alpha value is -0.800. The molecule has 2 atom stereocenters. The van der Waals surface area contributed by atoms with Crippen molar-refractivity contribution in [2.24, 2.45) is 5.73 Å². The molecule has 0 spiro atoms. The lowest BCUT2D eigenvalue weighted by atomic mass is 9.82. The van der Waals surface area contributed by atoms with Gasteiger partial charge in [-0.3, -0.25) is 4.90 Å². The Morgan fingerprint density at radius 2 is 2.06 bits per heavy atom. The summed E-state index contributed by atoms with van der Waals surface area (Å²) < 4.78 is 5.42. The van der Waals surface area contributed by atoms with Crippen LogP contribution in [0.1, 0.15) is 37.9 Å². The molecule has 2 saturated heterocycles. The molecule has 17 heavy (non-hydrogen) atoms. The van der Waals surface area contributed by atoms with Gasteiger partial charge in [-0.2, -0.15) is 0 Å². The fourth-order valence-electron chi connectivity index (χ4n) is 3.58. The van der Waals surface area contributed by atoms with Crippen molar-refractivity contribution in [3.63, 3.8) is 0 Å². The third-order valence-electron chi connectivity index (χ3n) is 4.36. The van der Waals surface area contributed by atoms with Crippen molar-refractivity contribution in [3.8, 4) is 0 Å². The van der Waals surface area contributed by atoms with Crippen molar-refractivity contribution in [2.45, 2.75) is 56.7 Å². The van der Waals surface area contributed by atoms with E-state index in [0.717, 1.165) is 30.8 Å². The molecule has 3 nitrogen and oxygen atoms in total. The van der Waals surface area contributed by atoms with E-state index in [2.05, 4.69) is 11.0 Å². The van der Waals surface area contributed by atoms with Gasteiger partial charge in [0.25, 0.3) is 0 Å². The largest absolute Gasteiger partial charge is 0.469 e. The first kappa shape index (κ1) is 11.3. The maximum absolute atomic E-state index is 6.13. The summed E-state index contributed by atoms with van der Waals surface area (Å²) in [7, 11) is 0. The molecule has 3 heteroatoms. The number of nitrogens with zero attached hydrogens (tertiary/aromatic N) is 1. The minimum atomic E-state index is 0.435. The molecule has 2 fully saturated rings. The number of piperidine rings is 2. The van der Waals surface area contributed by atoms with Gasteiger partial charge in [-0.1, -0.05) is 6.42 Å². The van der Waals surface area contributed by atoms with Gasteiger partial charge in [-0.15, -0.1) is 0 Å². The highest BCUT2D eigenvalue weighted by atomic mass is 16.3. The van der Waals surface area contributed by atoms with Gasteiger partial charge in [0.1, 0.15) is 5.76 Å². The lowest BCUT2D eigenvalue weighted by molar-refractivity contribution is 0.0317. The van der Waals surface area contributed by atoms with Crippen LogP contribution in [0.4, 0.5) is 0 Å². The summed E-state index contributed by atoms with van der Waals surface area (Å²) in [4.78, 5) is 2.69. The van der Waals surface area contributed by atoms with Crippen LogP contribution in [0.3, 0.4) is 0 Å². The predicted molar refractivity (Wildman–Crippen MR) is 67.8 cm³/mol. The second kappa shape index (κ2) is 4.83. The highest BCUT2D eigenvalue weighted by molar-refractivity contribution is 5.00. The van der Waals surface area contributed by atoms with Crippen LogP contribution < -0.4 is 5.73 Å². The van der Waals surface area contributed by atoms with Gasteiger partial charge >= 0.3 is 0 Å². The zero-order chi connectivity index (χ0) is 11.7. The van der Waals surface area contributed by atoms with Gasteiger partial charge in [0.05, 0.1) is 6.26 Å². The lowest BCUT2D eigenvalue weighted by Crippen LogP contribution is -2.55. The van der Waals surface area contributed by atoms with Crippen molar-refractivity contribution in [1.29, 1.82) is 0 Å². The molecule has 0 aliphatic carbocycles. The quantitative estimate of drug-likeness (QED) is 0.871. The number of fused-ring (bicyclic) bond motifs is 2. The molecule has 2 unspecified atom stereocenters. The standard InChI is InChI=1S/C14H22N2O/c15-11-9-12-3-1-4-13(10-11)16(12)7-6-14-5-2-8-17-14/h2,5,8,11-13H,1,3-4,6-7,9-10,15H2. The van der Waals surface area contributed by atoms with Crippen LogP contribution in [-0.2, 0) is 6.42 Å². The fraction of sp³-hybridized carbons (Fsp3) is 0.714. The first-order chi connectivity index (χ1) is 8.33. The minimum absolute atomic E-state index is 0.435. The van der Waals surface area contributed by atoms with Crippen LogP contribution in [0.15, 0.2) is 22.8 Å². The number of hydrogen-bond donors (Lipinski definition) is 1. The molecule has 0 radical (unpaired) electrons. The van der Waals surface area contributed by atoms with Crippen LogP contribution in [0.25, 0.3) is 0 Å². The van der Waals surface area contributed by atoms with E-state index in [4.69, 9.17) is 10.2 Å². The van der Waals surface area contributed by atoms with Crippen molar-refractivity contribution >= 4 is 0 Å². The molecule has 2 aliphatic rings. The Morgan fingerprint density at radius 3 is 2.71 bits per heavy atom. The summed E-state index contributed by atoms with van der Waals surface area (Å²) in [6.45, 7) is 1.13. The Labute approximate surface area is 103 Å². The summed E-state index contributed by atoms with van der Waals surface area (Å²) in [6, 6.07) is 5.94. The second-order valence-electron chi connectivity index (χ2n) is 5.54. The van der Waals surface area contributed by atoms with E-state index in [9.17, 15) is 0 Å². The molecule has 3 rings (SSSR count).